The molecule has 4 rings (SSSR count). The van der Waals surface area contributed by atoms with E-state index >= 15 is 0 Å². The topological polar surface area (TPSA) is 71.5 Å². The number of sulfonamides is 1. The van der Waals surface area contributed by atoms with E-state index in [1.807, 2.05) is 19.9 Å². The summed E-state index contributed by atoms with van der Waals surface area (Å²) in [4.78, 5) is 7.10. The molecule has 0 aliphatic carbocycles. The Kier molecular flexibility index (Phi) is 5.31. The summed E-state index contributed by atoms with van der Waals surface area (Å²) in [5, 5.41) is 0. The molecule has 3 fully saturated rings. The van der Waals surface area contributed by atoms with E-state index in [1.54, 1.807) is 0 Å². The molecule has 0 amide bonds. The highest BCUT2D eigenvalue weighted by Gasteiger charge is 2.62. The Morgan fingerprint density at radius 1 is 1.41 bits per heavy atom. The number of pyridine rings is 1. The number of hydrogen-bond acceptors (Lipinski definition) is 5. The normalized spacial score (nSPS) is 32.9. The molecule has 6 nitrogen and oxygen atoms in total. The van der Waals surface area contributed by atoms with Gasteiger partial charge in [-0.05, 0) is 38.3 Å². The maximum Gasteiger partial charge on any atom is 0.211 e. The molecule has 1 spiro atoms. The van der Waals surface area contributed by atoms with Crippen LogP contribution in [-0.2, 0) is 21.2 Å². The van der Waals surface area contributed by atoms with E-state index in [1.165, 1.54) is 0 Å². The zero-order valence-electron chi connectivity index (χ0n) is 16.4. The molecule has 4 heterocycles. The van der Waals surface area contributed by atoms with Crippen LogP contribution >= 0.6 is 0 Å². The number of aryl methyl sites for hydroxylation is 1. The highest BCUT2D eigenvalue weighted by Crippen LogP contribution is 2.54. The van der Waals surface area contributed by atoms with Gasteiger partial charge in [0.2, 0.25) is 10.0 Å². The highest BCUT2D eigenvalue weighted by atomic mass is 32.2. The first-order valence-electron chi connectivity index (χ1n) is 10.2. The Morgan fingerprint density at radius 3 is 3.04 bits per heavy atom. The van der Waals surface area contributed by atoms with Gasteiger partial charge in [-0.3, -0.25) is 9.88 Å². The molecule has 0 aromatic carbocycles. The van der Waals surface area contributed by atoms with Crippen molar-refractivity contribution in [1.29, 1.82) is 0 Å². The minimum Gasteiger partial charge on any atom is -0.370 e. The zero-order valence-corrected chi connectivity index (χ0v) is 17.2. The molecule has 3 aliphatic heterocycles. The number of nitrogens with zero attached hydrogens (tertiary/aromatic N) is 2. The summed E-state index contributed by atoms with van der Waals surface area (Å²) in [6, 6.07) is 6.19. The van der Waals surface area contributed by atoms with Gasteiger partial charge in [0.25, 0.3) is 0 Å². The molecule has 1 N–H and O–H groups in total. The van der Waals surface area contributed by atoms with Crippen molar-refractivity contribution >= 4 is 10.0 Å². The summed E-state index contributed by atoms with van der Waals surface area (Å²) in [5.41, 5.74) is 2.15. The van der Waals surface area contributed by atoms with E-state index < -0.39 is 10.0 Å². The molecular weight excluding hydrogens is 362 g/mol. The third-order valence-corrected chi connectivity index (χ3v) is 8.05. The lowest BCUT2D eigenvalue weighted by molar-refractivity contribution is 0.00291. The van der Waals surface area contributed by atoms with Gasteiger partial charge in [0.15, 0.2) is 0 Å². The largest absolute Gasteiger partial charge is 0.370 e. The fourth-order valence-electron chi connectivity index (χ4n) is 5.31. The van der Waals surface area contributed by atoms with Crippen LogP contribution in [0.25, 0.3) is 0 Å². The average molecular weight is 394 g/mol. The van der Waals surface area contributed by atoms with Crippen molar-refractivity contribution < 1.29 is 13.2 Å². The second-order valence-corrected chi connectivity index (χ2v) is 10.4. The standard InChI is InChI=1S/C20H31N3O3S/c1-3-11-27(24,25)21-12-17-18-13-23(14-20(18)9-7-19(17)26-20)10-8-16-6-4-5-15(2)22-16/h4-6,17-19,21H,3,7-14H2,1-2H3/t17-,18+,19+,20+/m0/s1. The number of rotatable bonds is 8. The lowest BCUT2D eigenvalue weighted by Gasteiger charge is -2.29. The van der Waals surface area contributed by atoms with E-state index in [-0.39, 0.29) is 17.5 Å². The van der Waals surface area contributed by atoms with E-state index in [4.69, 9.17) is 4.74 Å². The molecular formula is C20H31N3O3S. The molecule has 27 heavy (non-hydrogen) atoms. The highest BCUT2D eigenvalue weighted by molar-refractivity contribution is 7.89. The number of hydrogen-bond donors (Lipinski definition) is 1. The third-order valence-electron chi connectivity index (χ3n) is 6.50. The molecule has 7 heteroatoms. The second kappa shape index (κ2) is 7.43. The van der Waals surface area contributed by atoms with Crippen molar-refractivity contribution in [3.63, 3.8) is 0 Å². The van der Waals surface area contributed by atoms with Crippen molar-refractivity contribution in [3.8, 4) is 0 Å². The summed E-state index contributed by atoms with van der Waals surface area (Å²) >= 11 is 0. The number of fused-ring (bicyclic) bond motifs is 1. The van der Waals surface area contributed by atoms with Gasteiger partial charge >= 0.3 is 0 Å². The van der Waals surface area contributed by atoms with Gasteiger partial charge in [-0.2, -0.15) is 0 Å². The number of nitrogens with one attached hydrogen (secondary N) is 1. The molecule has 0 radical (unpaired) electrons. The smallest absolute Gasteiger partial charge is 0.211 e. The van der Waals surface area contributed by atoms with Crippen LogP contribution in [0.15, 0.2) is 18.2 Å². The molecule has 1 aromatic heterocycles. The van der Waals surface area contributed by atoms with Crippen LogP contribution in [0, 0.1) is 18.8 Å². The molecule has 150 valence electrons. The maximum absolute atomic E-state index is 12.1. The van der Waals surface area contributed by atoms with Gasteiger partial charge in [-0.15, -0.1) is 0 Å². The average Bonchev–Trinajstić information content (AvgIpc) is 3.26. The first kappa shape index (κ1) is 19.3. The Balaban J connectivity index is 1.37. The maximum atomic E-state index is 12.1. The zero-order chi connectivity index (χ0) is 19.1. The summed E-state index contributed by atoms with van der Waals surface area (Å²) in [6.07, 6.45) is 3.99. The molecule has 3 saturated heterocycles. The fraction of sp³-hybridized carbons (Fsp3) is 0.750. The van der Waals surface area contributed by atoms with Gasteiger partial charge in [0, 0.05) is 55.8 Å². The van der Waals surface area contributed by atoms with E-state index in [2.05, 4.69) is 26.7 Å². The molecule has 4 atom stereocenters. The predicted molar refractivity (Wildman–Crippen MR) is 105 cm³/mol. The van der Waals surface area contributed by atoms with E-state index in [0.717, 1.165) is 50.3 Å². The Bertz CT molecular complexity index is 784. The summed E-state index contributed by atoms with van der Waals surface area (Å²) in [7, 11) is -3.16. The molecule has 0 unspecified atom stereocenters. The summed E-state index contributed by atoms with van der Waals surface area (Å²) in [6.45, 7) is 7.40. The van der Waals surface area contributed by atoms with Crippen LogP contribution in [0.4, 0.5) is 0 Å². The second-order valence-electron chi connectivity index (χ2n) is 8.45. The van der Waals surface area contributed by atoms with Crippen molar-refractivity contribution in [2.75, 3.05) is 31.9 Å². The Morgan fingerprint density at radius 2 is 2.26 bits per heavy atom. The van der Waals surface area contributed by atoms with Crippen molar-refractivity contribution in [2.45, 2.75) is 51.2 Å². The monoisotopic (exact) mass is 393 g/mol. The Hall–Kier alpha value is -1.02. The summed E-state index contributed by atoms with van der Waals surface area (Å²) in [5.74, 6) is 0.940. The van der Waals surface area contributed by atoms with Crippen LogP contribution in [-0.4, -0.2) is 61.9 Å². The van der Waals surface area contributed by atoms with Crippen molar-refractivity contribution in [3.05, 3.63) is 29.6 Å². The predicted octanol–water partition coefficient (Wildman–Crippen LogP) is 1.74. The van der Waals surface area contributed by atoms with Crippen LogP contribution in [0.5, 0.6) is 0 Å². The van der Waals surface area contributed by atoms with Crippen LogP contribution in [0.2, 0.25) is 0 Å². The Labute approximate surface area is 162 Å². The van der Waals surface area contributed by atoms with Gasteiger partial charge in [-0.1, -0.05) is 13.0 Å². The van der Waals surface area contributed by atoms with Crippen molar-refractivity contribution in [1.82, 2.24) is 14.6 Å². The van der Waals surface area contributed by atoms with E-state index in [0.29, 0.717) is 24.8 Å². The number of aromatic nitrogens is 1. The number of likely N-dealkylation sites (tertiary alicyclic amines) is 1. The van der Waals surface area contributed by atoms with Crippen molar-refractivity contribution in [2.24, 2.45) is 11.8 Å². The number of ether oxygens (including phenoxy) is 1. The van der Waals surface area contributed by atoms with Gasteiger partial charge in [-0.25, -0.2) is 13.1 Å². The lowest BCUT2D eigenvalue weighted by Crippen LogP contribution is -2.42. The van der Waals surface area contributed by atoms with Gasteiger partial charge in [0.05, 0.1) is 17.5 Å². The van der Waals surface area contributed by atoms with Gasteiger partial charge < -0.3 is 4.74 Å². The molecule has 3 aliphatic rings. The minimum absolute atomic E-state index is 0.0500. The van der Waals surface area contributed by atoms with E-state index in [9.17, 15) is 8.42 Å². The lowest BCUT2D eigenvalue weighted by atomic mass is 9.74. The minimum atomic E-state index is -3.16. The first-order chi connectivity index (χ1) is 12.9. The quantitative estimate of drug-likeness (QED) is 0.728. The third kappa shape index (κ3) is 3.92. The molecule has 2 bridgehead atoms. The van der Waals surface area contributed by atoms with Crippen LogP contribution < -0.4 is 4.72 Å². The summed E-state index contributed by atoms with van der Waals surface area (Å²) < 4.78 is 33.4. The first-order valence-corrected chi connectivity index (χ1v) is 11.9. The van der Waals surface area contributed by atoms with Crippen LogP contribution in [0.1, 0.15) is 37.6 Å². The SMILES string of the molecule is CCCS(=O)(=O)NC[C@H]1[C@H]2CN(CCc3cccc(C)n3)C[C@]23CC[C@H]1O3. The van der Waals surface area contributed by atoms with Gasteiger partial charge in [0.1, 0.15) is 0 Å². The molecule has 1 aromatic rings. The fourth-order valence-corrected chi connectivity index (χ4v) is 6.43. The molecule has 0 saturated carbocycles. The van der Waals surface area contributed by atoms with Crippen LogP contribution in [0.3, 0.4) is 0 Å².